The van der Waals surface area contributed by atoms with E-state index in [4.69, 9.17) is 4.74 Å². The summed E-state index contributed by atoms with van der Waals surface area (Å²) in [4.78, 5) is 13.7. The van der Waals surface area contributed by atoms with E-state index in [2.05, 4.69) is 30.6 Å². The van der Waals surface area contributed by atoms with E-state index in [0.29, 0.717) is 35.4 Å². The number of hydrogen-bond acceptors (Lipinski definition) is 8. The minimum absolute atomic E-state index is 0.0615. The minimum atomic E-state index is -2.57. The molecule has 1 unspecified atom stereocenters. The molecule has 8 nitrogen and oxygen atoms in total. The third-order valence-electron chi connectivity index (χ3n) is 5.66. The Morgan fingerprint density at radius 3 is 2.81 bits per heavy atom. The first-order valence-corrected chi connectivity index (χ1v) is 11.3. The van der Waals surface area contributed by atoms with Gasteiger partial charge in [0.25, 0.3) is 0 Å². The second kappa shape index (κ2) is 8.10. The first-order chi connectivity index (χ1) is 14.9. The van der Waals surface area contributed by atoms with Gasteiger partial charge in [-0.05, 0) is 32.6 Å². The molecule has 31 heavy (non-hydrogen) atoms. The lowest BCUT2D eigenvalue weighted by atomic mass is 9.92. The Morgan fingerprint density at radius 1 is 1.19 bits per heavy atom. The highest BCUT2D eigenvalue weighted by Crippen LogP contribution is 2.35. The van der Waals surface area contributed by atoms with Crippen LogP contribution in [0.4, 0.5) is 14.6 Å². The van der Waals surface area contributed by atoms with Gasteiger partial charge in [-0.3, -0.25) is 0 Å². The number of thiazole rings is 1. The number of fused-ring (bicyclic) bond motifs is 1. The molecule has 0 spiro atoms. The Kier molecular flexibility index (Phi) is 5.28. The van der Waals surface area contributed by atoms with E-state index in [-0.39, 0.29) is 25.0 Å². The van der Waals surface area contributed by atoms with E-state index < -0.39 is 5.92 Å². The fraction of sp³-hybridized carbons (Fsp3) is 0.550. The summed E-state index contributed by atoms with van der Waals surface area (Å²) in [6, 6.07) is 1.67. The zero-order chi connectivity index (χ0) is 21.4. The van der Waals surface area contributed by atoms with E-state index in [1.807, 2.05) is 17.0 Å². The molecule has 1 atom stereocenters. The molecule has 0 radical (unpaired) electrons. The highest BCUT2D eigenvalue weighted by Gasteiger charge is 2.35. The lowest BCUT2D eigenvalue weighted by Gasteiger charge is -2.29. The van der Waals surface area contributed by atoms with Crippen molar-refractivity contribution in [2.75, 3.05) is 5.32 Å². The SMILES string of the molecule is Cc1csc(-c2nc(NC3CCC(F)(F)CC3)cc(OC3CCCn4nncc43)n2)n1. The molecule has 2 aliphatic rings. The smallest absolute Gasteiger partial charge is 0.248 e. The van der Waals surface area contributed by atoms with Crippen molar-refractivity contribution in [2.45, 2.75) is 70.1 Å². The van der Waals surface area contributed by atoms with Crippen LogP contribution in [0.3, 0.4) is 0 Å². The number of anilines is 1. The van der Waals surface area contributed by atoms with Crippen molar-refractivity contribution in [1.82, 2.24) is 29.9 Å². The van der Waals surface area contributed by atoms with Crippen LogP contribution in [-0.4, -0.2) is 41.9 Å². The Hall–Kier alpha value is -2.69. The van der Waals surface area contributed by atoms with Gasteiger partial charge in [-0.15, -0.1) is 16.4 Å². The van der Waals surface area contributed by atoms with Crippen molar-refractivity contribution >= 4 is 17.2 Å². The number of nitrogens with zero attached hydrogens (tertiary/aromatic N) is 6. The van der Waals surface area contributed by atoms with Gasteiger partial charge in [-0.25, -0.2) is 23.4 Å². The van der Waals surface area contributed by atoms with E-state index >= 15 is 0 Å². The minimum Gasteiger partial charge on any atom is -0.468 e. The molecule has 0 aromatic carbocycles. The zero-order valence-corrected chi connectivity index (χ0v) is 17.9. The molecule has 1 aliphatic carbocycles. The number of aryl methyl sites for hydroxylation is 2. The fourth-order valence-corrected chi connectivity index (χ4v) is 4.76. The van der Waals surface area contributed by atoms with Gasteiger partial charge in [0.15, 0.2) is 10.8 Å². The molecular formula is C20H23F2N7OS. The number of aromatic nitrogens is 6. The largest absolute Gasteiger partial charge is 0.468 e. The summed E-state index contributed by atoms with van der Waals surface area (Å²) in [5, 5.41) is 14.0. The van der Waals surface area contributed by atoms with E-state index in [1.165, 1.54) is 11.3 Å². The molecule has 1 N–H and O–H groups in total. The van der Waals surface area contributed by atoms with E-state index in [1.54, 1.807) is 12.3 Å². The van der Waals surface area contributed by atoms with Crippen LogP contribution < -0.4 is 10.1 Å². The number of hydrogen-bond donors (Lipinski definition) is 1. The Balaban J connectivity index is 1.41. The van der Waals surface area contributed by atoms with Crippen LogP contribution in [0.1, 0.15) is 56.0 Å². The topological polar surface area (TPSA) is 90.6 Å². The molecule has 1 saturated carbocycles. The number of ether oxygens (including phenoxy) is 1. The summed E-state index contributed by atoms with van der Waals surface area (Å²) in [5.74, 6) is -1.13. The van der Waals surface area contributed by atoms with Gasteiger partial charge in [0.05, 0.1) is 11.9 Å². The molecule has 3 aromatic rings. The molecular weight excluding hydrogens is 424 g/mol. The van der Waals surface area contributed by atoms with Crippen LogP contribution in [0.25, 0.3) is 10.8 Å². The molecule has 0 amide bonds. The molecule has 0 bridgehead atoms. The average Bonchev–Trinajstić information content (AvgIpc) is 3.39. The maximum atomic E-state index is 13.5. The standard InChI is InChI=1S/C20H23F2N7OS/c1-12-11-31-19(24-12)18-26-16(25-13-4-6-20(21,22)7-5-13)9-17(27-18)30-15-3-2-8-29-14(15)10-23-28-29/h9-11,13,15H,2-8H2,1H3,(H,25,26,27). The summed E-state index contributed by atoms with van der Waals surface area (Å²) in [6.07, 6.45) is 3.85. The van der Waals surface area contributed by atoms with Crippen LogP contribution >= 0.6 is 11.3 Å². The van der Waals surface area contributed by atoms with E-state index in [0.717, 1.165) is 30.8 Å². The van der Waals surface area contributed by atoms with Gasteiger partial charge in [-0.1, -0.05) is 5.21 Å². The van der Waals surface area contributed by atoms with Crippen LogP contribution in [-0.2, 0) is 6.54 Å². The van der Waals surface area contributed by atoms with Gasteiger partial charge in [0.2, 0.25) is 11.8 Å². The Bertz CT molecular complexity index is 1060. The van der Waals surface area contributed by atoms with Gasteiger partial charge in [0.1, 0.15) is 11.9 Å². The average molecular weight is 448 g/mol. The molecule has 5 rings (SSSR count). The van der Waals surface area contributed by atoms with Crippen molar-refractivity contribution in [3.63, 3.8) is 0 Å². The molecule has 1 fully saturated rings. The van der Waals surface area contributed by atoms with E-state index in [9.17, 15) is 8.78 Å². The fourth-order valence-electron chi connectivity index (χ4n) is 4.03. The Labute approximate surface area is 182 Å². The number of halogens is 2. The van der Waals surface area contributed by atoms with Crippen LogP contribution in [0.15, 0.2) is 17.6 Å². The predicted molar refractivity (Wildman–Crippen MR) is 111 cm³/mol. The summed E-state index contributed by atoms with van der Waals surface area (Å²) in [5.41, 5.74) is 1.81. The monoisotopic (exact) mass is 447 g/mol. The summed E-state index contributed by atoms with van der Waals surface area (Å²) in [7, 11) is 0. The van der Waals surface area contributed by atoms with Crippen molar-refractivity contribution < 1.29 is 13.5 Å². The maximum Gasteiger partial charge on any atom is 0.248 e. The molecule has 4 heterocycles. The van der Waals surface area contributed by atoms with Gasteiger partial charge < -0.3 is 10.1 Å². The van der Waals surface area contributed by atoms with Crippen molar-refractivity contribution in [3.8, 4) is 16.7 Å². The Morgan fingerprint density at radius 2 is 2.03 bits per heavy atom. The normalized spacial score (nSPS) is 20.9. The second-order valence-electron chi connectivity index (χ2n) is 8.11. The molecule has 11 heteroatoms. The number of nitrogens with one attached hydrogen (secondary N) is 1. The van der Waals surface area contributed by atoms with Crippen molar-refractivity contribution in [2.24, 2.45) is 0 Å². The first kappa shape index (κ1) is 20.2. The number of rotatable bonds is 5. The highest BCUT2D eigenvalue weighted by molar-refractivity contribution is 7.13. The highest BCUT2D eigenvalue weighted by atomic mass is 32.1. The maximum absolute atomic E-state index is 13.5. The molecule has 164 valence electrons. The van der Waals surface area contributed by atoms with Crippen LogP contribution in [0, 0.1) is 6.92 Å². The van der Waals surface area contributed by atoms with Gasteiger partial charge >= 0.3 is 0 Å². The first-order valence-electron chi connectivity index (χ1n) is 10.5. The van der Waals surface area contributed by atoms with Crippen LogP contribution in [0.2, 0.25) is 0 Å². The summed E-state index contributed by atoms with van der Waals surface area (Å²) < 4.78 is 35.1. The quantitative estimate of drug-likeness (QED) is 0.620. The second-order valence-corrected chi connectivity index (χ2v) is 8.97. The number of alkyl halides is 2. The van der Waals surface area contributed by atoms with Crippen LogP contribution in [0.5, 0.6) is 5.88 Å². The third-order valence-corrected chi connectivity index (χ3v) is 6.61. The molecule has 0 saturated heterocycles. The predicted octanol–water partition coefficient (Wildman–Crippen LogP) is 4.40. The molecule has 3 aromatic heterocycles. The van der Waals surface area contributed by atoms with Gasteiger partial charge in [-0.2, -0.15) is 4.98 Å². The van der Waals surface area contributed by atoms with Crippen molar-refractivity contribution in [1.29, 1.82) is 0 Å². The third kappa shape index (κ3) is 4.51. The molecule has 1 aliphatic heterocycles. The lowest BCUT2D eigenvalue weighted by Crippen LogP contribution is -2.32. The van der Waals surface area contributed by atoms with Crippen molar-refractivity contribution in [3.05, 3.63) is 29.0 Å². The summed E-state index contributed by atoms with van der Waals surface area (Å²) in [6.45, 7) is 2.74. The summed E-state index contributed by atoms with van der Waals surface area (Å²) >= 11 is 1.46. The van der Waals surface area contributed by atoms with Gasteiger partial charge in [0, 0.05) is 42.6 Å². The lowest BCUT2D eigenvalue weighted by molar-refractivity contribution is -0.0361. The zero-order valence-electron chi connectivity index (χ0n) is 17.1.